The van der Waals surface area contributed by atoms with Gasteiger partial charge in [0.1, 0.15) is 0 Å². The molecule has 0 aliphatic rings. The number of thioether (sulfide) groups is 2. The molecule has 2 atom stereocenters. The maximum Gasteiger partial charge on any atom is 0.310 e. The zero-order valence-electron chi connectivity index (χ0n) is 10.7. The summed E-state index contributed by atoms with van der Waals surface area (Å²) in [5.74, 6) is -0.866. The molecular weight excluding hydrogens is 276 g/mol. The number of aliphatic carboxylic acids is 1. The number of esters is 1. The molecule has 0 bridgehead atoms. The van der Waals surface area contributed by atoms with Gasteiger partial charge in [0.15, 0.2) is 10.6 Å². The van der Waals surface area contributed by atoms with E-state index in [1.54, 1.807) is 6.92 Å². The topological polar surface area (TPSA) is 80.7 Å². The van der Waals surface area contributed by atoms with Gasteiger partial charge in [0.2, 0.25) is 0 Å². The lowest BCUT2D eigenvalue weighted by Crippen LogP contribution is -2.24. The zero-order chi connectivity index (χ0) is 14.1. The van der Waals surface area contributed by atoms with Gasteiger partial charge < -0.3 is 9.84 Å². The Balaban J connectivity index is 4.21. The summed E-state index contributed by atoms with van der Waals surface area (Å²) in [4.78, 5) is 33.0. The van der Waals surface area contributed by atoms with Crippen molar-refractivity contribution in [1.82, 2.24) is 0 Å². The first-order chi connectivity index (χ1) is 8.36. The van der Waals surface area contributed by atoms with Gasteiger partial charge in [0.05, 0.1) is 12.3 Å². The van der Waals surface area contributed by atoms with Crippen molar-refractivity contribution in [3.05, 3.63) is 0 Å². The summed E-state index contributed by atoms with van der Waals surface area (Å²) in [6.07, 6.45) is -0.211. The van der Waals surface area contributed by atoms with Gasteiger partial charge in [-0.25, -0.2) is 0 Å². The molecule has 0 unspecified atom stereocenters. The van der Waals surface area contributed by atoms with Crippen LogP contribution in [0.1, 0.15) is 27.2 Å². The summed E-state index contributed by atoms with van der Waals surface area (Å²) < 4.78 is 5.11. The average molecular weight is 294 g/mol. The Kier molecular flexibility index (Phi) is 8.91. The summed E-state index contributed by atoms with van der Waals surface area (Å²) >= 11 is 2.34. The molecule has 0 aromatic rings. The van der Waals surface area contributed by atoms with E-state index >= 15 is 0 Å². The molecule has 104 valence electrons. The molecule has 0 aliphatic heterocycles. The highest BCUT2D eigenvalue weighted by Crippen LogP contribution is 2.19. The molecule has 5 nitrogen and oxygen atoms in total. The highest BCUT2D eigenvalue weighted by atomic mass is 32.2. The normalized spacial score (nSPS) is 13.7. The fourth-order valence-electron chi connectivity index (χ4n) is 1.02. The quantitative estimate of drug-likeness (QED) is 0.541. The molecule has 0 radical (unpaired) electrons. The van der Waals surface area contributed by atoms with Crippen LogP contribution < -0.4 is 0 Å². The molecule has 0 rings (SSSR count). The van der Waals surface area contributed by atoms with Crippen LogP contribution in [-0.4, -0.2) is 39.1 Å². The van der Waals surface area contributed by atoms with E-state index in [0.29, 0.717) is 11.5 Å². The molecular formula is C11H18O5S2. The molecule has 1 N–H and O–H groups in total. The maximum atomic E-state index is 11.7. The summed E-state index contributed by atoms with van der Waals surface area (Å²) in [5.41, 5.74) is -0.662. The van der Waals surface area contributed by atoms with Gasteiger partial charge in [-0.3, -0.25) is 14.4 Å². The first-order valence-corrected chi connectivity index (χ1v) is 7.57. The fourth-order valence-corrected chi connectivity index (χ4v) is 2.44. The second-order valence-corrected chi connectivity index (χ2v) is 6.26. The summed E-state index contributed by atoms with van der Waals surface area (Å²) in [6, 6.07) is 0. The molecule has 0 aromatic heterocycles. The third-order valence-corrected chi connectivity index (χ3v) is 3.92. The van der Waals surface area contributed by atoms with Gasteiger partial charge in [-0.05, 0) is 5.75 Å². The average Bonchev–Trinajstić information content (AvgIpc) is 2.25. The number of hydrogen-bond donors (Lipinski definition) is 1. The summed E-state index contributed by atoms with van der Waals surface area (Å²) in [5, 5.41) is 8.63. The molecule has 0 aromatic carbocycles. The van der Waals surface area contributed by atoms with Crippen molar-refractivity contribution in [3.8, 4) is 0 Å². The van der Waals surface area contributed by atoms with Crippen molar-refractivity contribution in [2.24, 2.45) is 5.92 Å². The second-order valence-electron chi connectivity index (χ2n) is 3.62. The molecule has 0 heterocycles. The summed E-state index contributed by atoms with van der Waals surface area (Å²) in [7, 11) is 0. The third-order valence-electron chi connectivity index (χ3n) is 1.88. The Labute approximate surface area is 115 Å². The SMILES string of the molecule is CCS[C@H](CC(=O)O)OC(=O)[C@H](C)CSC(C)=O. The van der Waals surface area contributed by atoms with Crippen molar-refractivity contribution >= 4 is 40.6 Å². The number of ether oxygens (including phenoxy) is 1. The number of carbonyl (C=O) groups is 3. The molecule has 18 heavy (non-hydrogen) atoms. The molecule has 7 heteroatoms. The standard InChI is InChI=1S/C11H18O5S2/c1-4-17-10(5-9(13)14)16-11(15)7(2)6-18-8(3)12/h7,10H,4-6H2,1-3H3,(H,13,14)/t7-,10-/m1/s1. The molecule has 0 saturated carbocycles. The summed E-state index contributed by atoms with van der Waals surface area (Å²) in [6.45, 7) is 4.96. The van der Waals surface area contributed by atoms with Crippen molar-refractivity contribution < 1.29 is 24.2 Å². The van der Waals surface area contributed by atoms with E-state index in [1.165, 1.54) is 18.7 Å². The van der Waals surface area contributed by atoms with Crippen LogP contribution in [0.25, 0.3) is 0 Å². The number of carboxylic acid groups (broad SMARTS) is 1. The number of carbonyl (C=O) groups excluding carboxylic acids is 2. The predicted octanol–water partition coefficient (Wildman–Crippen LogP) is 2.00. The second kappa shape index (κ2) is 9.27. The lowest BCUT2D eigenvalue weighted by molar-refractivity contribution is -0.151. The van der Waals surface area contributed by atoms with Crippen LogP contribution in [-0.2, 0) is 19.1 Å². The zero-order valence-corrected chi connectivity index (χ0v) is 12.3. The maximum absolute atomic E-state index is 11.7. The van der Waals surface area contributed by atoms with Crippen LogP contribution in [0.2, 0.25) is 0 Å². The van der Waals surface area contributed by atoms with E-state index in [4.69, 9.17) is 9.84 Å². The molecule has 0 amide bonds. The van der Waals surface area contributed by atoms with Crippen LogP contribution in [0.4, 0.5) is 0 Å². The van der Waals surface area contributed by atoms with E-state index in [2.05, 4.69) is 0 Å². The Hall–Kier alpha value is -0.690. The van der Waals surface area contributed by atoms with Gasteiger partial charge in [0, 0.05) is 12.7 Å². The minimum Gasteiger partial charge on any atom is -0.481 e. The van der Waals surface area contributed by atoms with Crippen molar-refractivity contribution in [3.63, 3.8) is 0 Å². The smallest absolute Gasteiger partial charge is 0.310 e. The van der Waals surface area contributed by atoms with Crippen LogP contribution >= 0.6 is 23.5 Å². The van der Waals surface area contributed by atoms with Crippen molar-refractivity contribution in [2.75, 3.05) is 11.5 Å². The van der Waals surface area contributed by atoms with E-state index in [9.17, 15) is 14.4 Å². The van der Waals surface area contributed by atoms with Gasteiger partial charge in [-0.15, -0.1) is 11.8 Å². The highest BCUT2D eigenvalue weighted by molar-refractivity contribution is 8.13. The van der Waals surface area contributed by atoms with Gasteiger partial charge in [-0.2, -0.15) is 0 Å². The third kappa shape index (κ3) is 8.41. The van der Waals surface area contributed by atoms with Crippen LogP contribution in [0.3, 0.4) is 0 Å². The first kappa shape index (κ1) is 17.3. The predicted molar refractivity (Wildman–Crippen MR) is 72.6 cm³/mol. The molecule has 0 spiro atoms. The Morgan fingerprint density at radius 2 is 1.94 bits per heavy atom. The molecule has 0 fully saturated rings. The fraction of sp³-hybridized carbons (Fsp3) is 0.727. The Morgan fingerprint density at radius 3 is 2.39 bits per heavy atom. The van der Waals surface area contributed by atoms with Crippen LogP contribution in [0.15, 0.2) is 0 Å². The van der Waals surface area contributed by atoms with Crippen LogP contribution in [0, 0.1) is 5.92 Å². The minimum absolute atomic E-state index is 0.0559. The molecule has 0 saturated heterocycles. The van der Waals surface area contributed by atoms with Gasteiger partial charge >= 0.3 is 11.9 Å². The Morgan fingerprint density at radius 1 is 1.33 bits per heavy atom. The highest BCUT2D eigenvalue weighted by Gasteiger charge is 2.22. The Bertz CT molecular complexity index is 306. The number of carboxylic acids is 1. The lowest BCUT2D eigenvalue weighted by atomic mass is 10.2. The van der Waals surface area contributed by atoms with Gasteiger partial charge in [-0.1, -0.05) is 25.6 Å². The largest absolute Gasteiger partial charge is 0.481 e. The van der Waals surface area contributed by atoms with Gasteiger partial charge in [0.25, 0.3) is 0 Å². The van der Waals surface area contributed by atoms with Crippen LogP contribution in [0.5, 0.6) is 0 Å². The van der Waals surface area contributed by atoms with E-state index < -0.39 is 23.3 Å². The van der Waals surface area contributed by atoms with Crippen molar-refractivity contribution in [2.45, 2.75) is 32.6 Å². The number of hydrogen-bond acceptors (Lipinski definition) is 6. The lowest BCUT2D eigenvalue weighted by Gasteiger charge is -2.17. The van der Waals surface area contributed by atoms with E-state index in [-0.39, 0.29) is 11.5 Å². The molecule has 0 aliphatic carbocycles. The van der Waals surface area contributed by atoms with E-state index in [0.717, 1.165) is 11.8 Å². The monoisotopic (exact) mass is 294 g/mol. The van der Waals surface area contributed by atoms with E-state index in [1.807, 2.05) is 6.92 Å². The first-order valence-electron chi connectivity index (χ1n) is 5.54. The minimum atomic E-state index is -1.00. The number of rotatable bonds is 8. The van der Waals surface area contributed by atoms with Crippen molar-refractivity contribution in [1.29, 1.82) is 0 Å².